The maximum Gasteiger partial charge on any atom is 0.407 e. The summed E-state index contributed by atoms with van der Waals surface area (Å²) in [7, 11) is 0. The molecule has 1 fully saturated rings. The van der Waals surface area contributed by atoms with Gasteiger partial charge in [-0.25, -0.2) is 9.78 Å². The van der Waals surface area contributed by atoms with Gasteiger partial charge in [0.2, 0.25) is 0 Å². The van der Waals surface area contributed by atoms with Crippen molar-refractivity contribution in [3.05, 3.63) is 39.4 Å². The van der Waals surface area contributed by atoms with E-state index >= 15 is 0 Å². The van der Waals surface area contributed by atoms with Crippen LogP contribution in [0.4, 0.5) is 4.79 Å². The molecule has 0 spiro atoms. The van der Waals surface area contributed by atoms with Crippen molar-refractivity contribution in [3.63, 3.8) is 0 Å². The van der Waals surface area contributed by atoms with E-state index in [0.717, 1.165) is 17.3 Å². The number of carboxylic acid groups (broad SMARTS) is 1. The summed E-state index contributed by atoms with van der Waals surface area (Å²) in [6.45, 7) is 1.54. The van der Waals surface area contributed by atoms with Crippen LogP contribution in [0.25, 0.3) is 10.9 Å². The minimum Gasteiger partial charge on any atom is -0.465 e. The van der Waals surface area contributed by atoms with Crippen LogP contribution >= 0.6 is 15.9 Å². The summed E-state index contributed by atoms with van der Waals surface area (Å²) in [6.07, 6.45) is 2.42. The lowest BCUT2D eigenvalue weighted by Gasteiger charge is -2.30. The molecule has 2 aromatic rings. The number of hydrogen-bond donors (Lipinski definition) is 1. The van der Waals surface area contributed by atoms with E-state index in [4.69, 9.17) is 5.11 Å². The molecule has 3 rings (SSSR count). The normalized spacial score (nSPS) is 18.6. The van der Waals surface area contributed by atoms with Gasteiger partial charge in [0.05, 0.1) is 17.2 Å². The lowest BCUT2D eigenvalue weighted by Crippen LogP contribution is -2.41. The predicted octanol–water partition coefficient (Wildman–Crippen LogP) is 2.55. The fourth-order valence-electron chi connectivity index (χ4n) is 2.93. The Morgan fingerprint density at radius 2 is 2.27 bits per heavy atom. The number of amides is 1. The van der Waals surface area contributed by atoms with E-state index in [1.165, 1.54) is 4.90 Å². The Bertz CT molecular complexity index is 774. The van der Waals surface area contributed by atoms with Crippen molar-refractivity contribution in [3.8, 4) is 0 Å². The molecule has 0 radical (unpaired) electrons. The molecule has 116 valence electrons. The first-order valence-electron chi connectivity index (χ1n) is 7.17. The number of likely N-dealkylation sites (tertiary alicyclic amines) is 1. The third-order valence-corrected chi connectivity index (χ3v) is 4.52. The first kappa shape index (κ1) is 15.0. The number of hydrogen-bond acceptors (Lipinski definition) is 3. The Morgan fingerprint density at radius 1 is 1.45 bits per heavy atom. The average Bonchev–Trinajstić information content (AvgIpc) is 2.51. The highest BCUT2D eigenvalue weighted by molar-refractivity contribution is 9.10. The molecule has 1 aromatic heterocycles. The van der Waals surface area contributed by atoms with Crippen molar-refractivity contribution in [2.24, 2.45) is 5.92 Å². The van der Waals surface area contributed by atoms with Crippen LogP contribution in [0.2, 0.25) is 0 Å². The molecule has 1 saturated heterocycles. The van der Waals surface area contributed by atoms with Crippen LogP contribution in [0.15, 0.2) is 33.8 Å². The second-order valence-electron chi connectivity index (χ2n) is 5.60. The van der Waals surface area contributed by atoms with E-state index in [2.05, 4.69) is 20.9 Å². The quantitative estimate of drug-likeness (QED) is 0.887. The van der Waals surface area contributed by atoms with Gasteiger partial charge >= 0.3 is 6.09 Å². The largest absolute Gasteiger partial charge is 0.465 e. The van der Waals surface area contributed by atoms with E-state index in [-0.39, 0.29) is 11.5 Å². The zero-order valence-corrected chi connectivity index (χ0v) is 13.5. The van der Waals surface area contributed by atoms with Gasteiger partial charge in [0.1, 0.15) is 0 Å². The molecule has 1 N–H and O–H groups in total. The summed E-state index contributed by atoms with van der Waals surface area (Å²) in [5.74, 6) is 0.147. The smallest absolute Gasteiger partial charge is 0.407 e. The Hall–Kier alpha value is -1.89. The van der Waals surface area contributed by atoms with Gasteiger partial charge in [-0.1, -0.05) is 15.9 Å². The molecule has 1 atom stereocenters. The number of fused-ring (bicyclic) bond motifs is 1. The van der Waals surface area contributed by atoms with Crippen molar-refractivity contribution >= 4 is 32.9 Å². The standard InChI is InChI=1S/C15H16BrN3O3/c16-11-3-4-13-12(6-11)14(20)19(9-17-13)8-10-2-1-5-18(7-10)15(21)22/h3-4,6,9-10H,1-2,5,7-8H2,(H,21,22)/t10-/m0/s1. The highest BCUT2D eigenvalue weighted by Crippen LogP contribution is 2.19. The van der Waals surface area contributed by atoms with Crippen LogP contribution in [-0.2, 0) is 6.54 Å². The highest BCUT2D eigenvalue weighted by atomic mass is 79.9. The molecule has 7 heteroatoms. The van der Waals surface area contributed by atoms with Gasteiger partial charge in [-0.3, -0.25) is 9.36 Å². The number of benzene rings is 1. The van der Waals surface area contributed by atoms with Crippen molar-refractivity contribution in [2.45, 2.75) is 19.4 Å². The fraction of sp³-hybridized carbons (Fsp3) is 0.400. The Kier molecular flexibility index (Phi) is 4.15. The van der Waals surface area contributed by atoms with Crippen molar-refractivity contribution in [1.29, 1.82) is 0 Å². The molecule has 0 bridgehead atoms. The van der Waals surface area contributed by atoms with Crippen LogP contribution in [0.5, 0.6) is 0 Å². The van der Waals surface area contributed by atoms with E-state index in [1.807, 2.05) is 6.07 Å². The van der Waals surface area contributed by atoms with E-state index < -0.39 is 6.09 Å². The lowest BCUT2D eigenvalue weighted by atomic mass is 9.98. The molecule has 0 aliphatic carbocycles. The number of nitrogens with zero attached hydrogens (tertiary/aromatic N) is 3. The zero-order valence-electron chi connectivity index (χ0n) is 11.9. The second-order valence-corrected chi connectivity index (χ2v) is 6.52. The molecule has 6 nitrogen and oxygen atoms in total. The van der Waals surface area contributed by atoms with Gasteiger partial charge in [0.15, 0.2) is 0 Å². The number of carbonyl (C=O) groups is 1. The van der Waals surface area contributed by atoms with Gasteiger partial charge in [-0.2, -0.15) is 0 Å². The van der Waals surface area contributed by atoms with Crippen LogP contribution in [-0.4, -0.2) is 38.7 Å². The average molecular weight is 366 g/mol. The first-order valence-corrected chi connectivity index (χ1v) is 7.96. The summed E-state index contributed by atoms with van der Waals surface area (Å²) in [4.78, 5) is 29.3. The number of rotatable bonds is 2. The first-order chi connectivity index (χ1) is 10.5. The zero-order chi connectivity index (χ0) is 15.7. The second kappa shape index (κ2) is 6.08. The van der Waals surface area contributed by atoms with Gasteiger partial charge in [-0.15, -0.1) is 0 Å². The molecule has 2 heterocycles. The number of piperidine rings is 1. The molecule has 0 unspecified atom stereocenters. The summed E-state index contributed by atoms with van der Waals surface area (Å²) in [6, 6.07) is 5.43. The SMILES string of the molecule is O=C(O)N1CCC[C@H](Cn2cnc3ccc(Br)cc3c2=O)C1. The van der Waals surface area contributed by atoms with Gasteiger partial charge in [-0.05, 0) is 37.0 Å². The summed E-state index contributed by atoms with van der Waals surface area (Å²) >= 11 is 3.37. The topological polar surface area (TPSA) is 75.4 Å². The maximum atomic E-state index is 12.5. The minimum absolute atomic E-state index is 0.0845. The third-order valence-electron chi connectivity index (χ3n) is 4.03. The highest BCUT2D eigenvalue weighted by Gasteiger charge is 2.23. The van der Waals surface area contributed by atoms with Gasteiger partial charge in [0, 0.05) is 24.1 Å². The van der Waals surface area contributed by atoms with Crippen molar-refractivity contribution in [1.82, 2.24) is 14.5 Å². The fourth-order valence-corrected chi connectivity index (χ4v) is 3.29. The molecule has 1 aromatic carbocycles. The van der Waals surface area contributed by atoms with Crippen LogP contribution in [0, 0.1) is 5.92 Å². The van der Waals surface area contributed by atoms with Crippen LogP contribution in [0.3, 0.4) is 0 Å². The van der Waals surface area contributed by atoms with Gasteiger partial charge in [0.25, 0.3) is 5.56 Å². The molecular weight excluding hydrogens is 350 g/mol. The van der Waals surface area contributed by atoms with Crippen LogP contribution in [0.1, 0.15) is 12.8 Å². The van der Waals surface area contributed by atoms with E-state index in [1.54, 1.807) is 23.0 Å². The molecule has 0 saturated carbocycles. The summed E-state index contributed by atoms with van der Waals surface area (Å²) in [5, 5.41) is 9.66. The van der Waals surface area contributed by atoms with Gasteiger partial charge < -0.3 is 10.0 Å². The molecule has 22 heavy (non-hydrogen) atoms. The molecule has 1 aliphatic heterocycles. The summed E-state index contributed by atoms with van der Waals surface area (Å²) in [5.41, 5.74) is 0.582. The Morgan fingerprint density at radius 3 is 3.05 bits per heavy atom. The number of aromatic nitrogens is 2. The lowest BCUT2D eigenvalue weighted by molar-refractivity contribution is 0.116. The van der Waals surface area contributed by atoms with Crippen molar-refractivity contribution in [2.75, 3.05) is 13.1 Å². The maximum absolute atomic E-state index is 12.5. The predicted molar refractivity (Wildman–Crippen MR) is 86.0 cm³/mol. The van der Waals surface area contributed by atoms with E-state index in [9.17, 15) is 9.59 Å². The van der Waals surface area contributed by atoms with E-state index in [0.29, 0.717) is 30.5 Å². The molecule has 1 amide bonds. The monoisotopic (exact) mass is 365 g/mol. The van der Waals surface area contributed by atoms with Crippen molar-refractivity contribution < 1.29 is 9.90 Å². The summed E-state index contributed by atoms with van der Waals surface area (Å²) < 4.78 is 2.43. The molecular formula is C15H16BrN3O3. The Balaban J connectivity index is 1.86. The molecule has 1 aliphatic rings. The third kappa shape index (κ3) is 2.99. The Labute approximate surface area is 135 Å². The number of halogens is 1. The minimum atomic E-state index is -0.891. The van der Waals surface area contributed by atoms with Crippen LogP contribution < -0.4 is 5.56 Å².